The molecule has 6 nitrogen and oxygen atoms in total. The van der Waals surface area contributed by atoms with E-state index in [0.717, 1.165) is 24.1 Å². The second-order valence-electron chi connectivity index (χ2n) is 6.00. The Morgan fingerprint density at radius 1 is 1.36 bits per heavy atom. The van der Waals surface area contributed by atoms with Crippen molar-refractivity contribution in [2.75, 3.05) is 12.3 Å². The smallest absolute Gasteiger partial charge is 0.227 e. The fraction of sp³-hybridized carbons (Fsp3) is 0.389. The number of hydrogen-bond acceptors (Lipinski definition) is 5. The lowest BCUT2D eigenvalue weighted by Gasteiger charge is -2.11. The number of nitrogens with one attached hydrogen (secondary N) is 1. The first kappa shape index (κ1) is 18.9. The Balaban J connectivity index is 1.73. The minimum absolute atomic E-state index is 0.122. The number of nitrogens with zero attached hydrogens (tertiary/aromatic N) is 2. The van der Waals surface area contributed by atoms with Gasteiger partial charge in [0.2, 0.25) is 5.91 Å². The third-order valence-corrected chi connectivity index (χ3v) is 4.93. The molecule has 0 aliphatic heterocycles. The van der Waals surface area contributed by atoms with Gasteiger partial charge in [-0.25, -0.2) is 4.98 Å². The van der Waals surface area contributed by atoms with E-state index < -0.39 is 0 Å². The van der Waals surface area contributed by atoms with Gasteiger partial charge in [0.05, 0.1) is 5.69 Å². The predicted octanol–water partition coefficient (Wildman–Crippen LogP) is 2.59. The van der Waals surface area contributed by atoms with E-state index in [1.807, 2.05) is 44.2 Å². The van der Waals surface area contributed by atoms with Gasteiger partial charge in [-0.15, -0.1) is 11.3 Å². The quantitative estimate of drug-likeness (QED) is 0.401. The van der Waals surface area contributed by atoms with E-state index in [1.165, 1.54) is 16.2 Å². The first-order chi connectivity index (χ1) is 12.0. The number of thiazole rings is 1. The van der Waals surface area contributed by atoms with Crippen LogP contribution >= 0.6 is 11.3 Å². The fourth-order valence-corrected chi connectivity index (χ4v) is 3.41. The number of aromatic nitrogens is 1. The summed E-state index contributed by atoms with van der Waals surface area (Å²) < 4.78 is 0. The molecule has 0 radical (unpaired) electrons. The molecule has 0 saturated heterocycles. The van der Waals surface area contributed by atoms with Gasteiger partial charge < -0.3 is 11.5 Å². The lowest BCUT2D eigenvalue weighted by atomic mass is 9.98. The summed E-state index contributed by atoms with van der Waals surface area (Å²) in [6.45, 7) is 4.52. The highest BCUT2D eigenvalue weighted by Crippen LogP contribution is 2.21. The van der Waals surface area contributed by atoms with Gasteiger partial charge in [0.1, 0.15) is 0 Å². The molecule has 1 aromatic heterocycles. The van der Waals surface area contributed by atoms with E-state index in [9.17, 15) is 4.79 Å². The van der Waals surface area contributed by atoms with E-state index in [-0.39, 0.29) is 17.8 Å². The van der Waals surface area contributed by atoms with Crippen molar-refractivity contribution in [2.24, 2.45) is 10.7 Å². The monoisotopic (exact) mass is 359 g/mol. The highest BCUT2D eigenvalue weighted by Gasteiger charge is 2.11. The van der Waals surface area contributed by atoms with Crippen molar-refractivity contribution in [3.8, 4) is 0 Å². The summed E-state index contributed by atoms with van der Waals surface area (Å²) in [4.78, 5) is 21.6. The molecule has 0 aliphatic rings. The number of carbonyl (C=O) groups is 1. The third-order valence-electron chi connectivity index (χ3n) is 3.88. The zero-order valence-corrected chi connectivity index (χ0v) is 15.5. The van der Waals surface area contributed by atoms with Gasteiger partial charge in [0.15, 0.2) is 11.1 Å². The Hall–Kier alpha value is -2.41. The first-order valence-electron chi connectivity index (χ1n) is 8.32. The SMILES string of the molecule is Cc1nc(N)sc1CCCN=C(N)NC(=O)C[C@H](C)c1ccccc1. The first-order valence-corrected chi connectivity index (χ1v) is 9.14. The number of anilines is 1. The lowest BCUT2D eigenvalue weighted by molar-refractivity contribution is -0.120. The van der Waals surface area contributed by atoms with Crippen LogP contribution in [-0.4, -0.2) is 23.4 Å². The van der Waals surface area contributed by atoms with Gasteiger partial charge >= 0.3 is 0 Å². The Labute approximate surface area is 152 Å². The normalized spacial score (nSPS) is 12.8. The molecular weight excluding hydrogens is 334 g/mol. The summed E-state index contributed by atoms with van der Waals surface area (Å²) in [7, 11) is 0. The number of carbonyl (C=O) groups excluding carboxylic acids is 1. The number of amides is 1. The second-order valence-corrected chi connectivity index (χ2v) is 7.11. The molecule has 1 heterocycles. The van der Waals surface area contributed by atoms with Crippen molar-refractivity contribution in [1.82, 2.24) is 10.3 Å². The Morgan fingerprint density at radius 3 is 2.72 bits per heavy atom. The van der Waals surface area contributed by atoms with Crippen LogP contribution in [0.4, 0.5) is 5.13 Å². The minimum Gasteiger partial charge on any atom is -0.375 e. The number of aryl methyl sites for hydroxylation is 2. The number of aliphatic imine (C=N–C) groups is 1. The molecule has 0 spiro atoms. The standard InChI is InChI=1S/C18H25N5OS/c1-12(14-7-4-3-5-8-14)11-16(24)23-17(19)21-10-6-9-15-13(2)22-18(20)25-15/h3-5,7-8,12H,6,9-11H2,1-2H3,(H2,20,22)(H3,19,21,23,24)/t12-/m0/s1. The molecule has 1 amide bonds. The second kappa shape index (κ2) is 9.17. The average Bonchev–Trinajstić information content (AvgIpc) is 2.89. The molecule has 1 atom stereocenters. The van der Waals surface area contributed by atoms with E-state index in [0.29, 0.717) is 18.1 Å². The Kier molecular flexibility index (Phi) is 6.94. The molecule has 0 saturated carbocycles. The van der Waals surface area contributed by atoms with Crippen LogP contribution < -0.4 is 16.8 Å². The van der Waals surface area contributed by atoms with Gasteiger partial charge in [-0.3, -0.25) is 15.1 Å². The maximum absolute atomic E-state index is 12.0. The molecule has 7 heteroatoms. The summed E-state index contributed by atoms with van der Waals surface area (Å²) >= 11 is 1.51. The molecule has 0 aliphatic carbocycles. The molecule has 1 aromatic carbocycles. The van der Waals surface area contributed by atoms with Gasteiger partial charge in [-0.1, -0.05) is 37.3 Å². The van der Waals surface area contributed by atoms with Crippen LogP contribution in [0.1, 0.15) is 41.8 Å². The van der Waals surface area contributed by atoms with Gasteiger partial charge in [0.25, 0.3) is 0 Å². The molecule has 0 unspecified atom stereocenters. The van der Waals surface area contributed by atoms with E-state index >= 15 is 0 Å². The summed E-state index contributed by atoms with van der Waals surface area (Å²) in [5, 5.41) is 3.25. The number of hydrogen-bond donors (Lipinski definition) is 3. The van der Waals surface area contributed by atoms with Crippen molar-refractivity contribution in [1.29, 1.82) is 0 Å². The summed E-state index contributed by atoms with van der Waals surface area (Å²) in [5.41, 5.74) is 13.6. The molecule has 2 aromatic rings. The van der Waals surface area contributed by atoms with E-state index in [4.69, 9.17) is 11.5 Å². The Morgan fingerprint density at radius 2 is 2.08 bits per heavy atom. The van der Waals surface area contributed by atoms with E-state index in [2.05, 4.69) is 15.3 Å². The third kappa shape index (κ3) is 6.19. The summed E-state index contributed by atoms with van der Waals surface area (Å²) in [5.74, 6) is 0.184. The van der Waals surface area contributed by atoms with Gasteiger partial charge in [-0.2, -0.15) is 0 Å². The lowest BCUT2D eigenvalue weighted by Crippen LogP contribution is -2.37. The largest absolute Gasteiger partial charge is 0.375 e. The number of guanidine groups is 1. The number of nitrogens with two attached hydrogens (primary N) is 2. The number of benzene rings is 1. The average molecular weight is 359 g/mol. The van der Waals surface area contributed by atoms with Crippen LogP contribution in [-0.2, 0) is 11.2 Å². The number of nitrogen functional groups attached to an aromatic ring is 1. The molecule has 2 rings (SSSR count). The highest BCUT2D eigenvalue weighted by molar-refractivity contribution is 7.15. The molecular formula is C18H25N5OS. The fourth-order valence-electron chi connectivity index (χ4n) is 2.53. The van der Waals surface area contributed by atoms with Crippen LogP contribution in [0.15, 0.2) is 35.3 Å². The maximum Gasteiger partial charge on any atom is 0.227 e. The van der Waals surface area contributed by atoms with Crippen LogP contribution in [0.5, 0.6) is 0 Å². The van der Waals surface area contributed by atoms with Gasteiger partial charge in [-0.05, 0) is 31.2 Å². The Bertz CT molecular complexity index is 726. The molecule has 0 bridgehead atoms. The maximum atomic E-state index is 12.0. The minimum atomic E-state index is -0.122. The van der Waals surface area contributed by atoms with Crippen molar-refractivity contribution < 1.29 is 4.79 Å². The summed E-state index contributed by atoms with van der Waals surface area (Å²) in [6.07, 6.45) is 2.06. The van der Waals surface area contributed by atoms with Crippen molar-refractivity contribution in [2.45, 2.75) is 39.0 Å². The summed E-state index contributed by atoms with van der Waals surface area (Å²) in [6, 6.07) is 9.94. The zero-order chi connectivity index (χ0) is 18.2. The molecule has 0 fully saturated rings. The molecule has 25 heavy (non-hydrogen) atoms. The molecule has 5 N–H and O–H groups in total. The predicted molar refractivity (Wildman–Crippen MR) is 104 cm³/mol. The zero-order valence-electron chi connectivity index (χ0n) is 14.7. The van der Waals surface area contributed by atoms with Crippen LogP contribution in [0, 0.1) is 6.92 Å². The van der Waals surface area contributed by atoms with Crippen LogP contribution in [0.25, 0.3) is 0 Å². The highest BCUT2D eigenvalue weighted by atomic mass is 32.1. The molecule has 134 valence electrons. The van der Waals surface area contributed by atoms with Crippen molar-refractivity contribution in [3.63, 3.8) is 0 Å². The topological polar surface area (TPSA) is 106 Å². The van der Waals surface area contributed by atoms with Crippen LogP contribution in [0.2, 0.25) is 0 Å². The van der Waals surface area contributed by atoms with Crippen LogP contribution in [0.3, 0.4) is 0 Å². The van der Waals surface area contributed by atoms with Crippen molar-refractivity contribution >= 4 is 28.3 Å². The van der Waals surface area contributed by atoms with Crippen molar-refractivity contribution in [3.05, 3.63) is 46.5 Å². The van der Waals surface area contributed by atoms with Gasteiger partial charge in [0, 0.05) is 17.8 Å². The van der Waals surface area contributed by atoms with E-state index in [1.54, 1.807) is 0 Å². The number of rotatable bonds is 7.